The highest BCUT2D eigenvalue weighted by molar-refractivity contribution is 5.71. The van der Waals surface area contributed by atoms with E-state index in [4.69, 9.17) is 0 Å². The zero-order valence-corrected chi connectivity index (χ0v) is 10.4. The van der Waals surface area contributed by atoms with E-state index in [-0.39, 0.29) is 23.1 Å². The Labute approximate surface area is 115 Å². The number of rotatable bonds is 2. The van der Waals surface area contributed by atoms with Crippen LogP contribution >= 0.6 is 0 Å². The number of benzene rings is 1. The lowest BCUT2D eigenvalue weighted by molar-refractivity contribution is -0.138. The average molecular weight is 295 g/mol. The van der Waals surface area contributed by atoms with E-state index in [0.29, 0.717) is 0 Å². The number of H-pyrrole nitrogens is 1. The van der Waals surface area contributed by atoms with Gasteiger partial charge in [0, 0.05) is 6.20 Å². The van der Waals surface area contributed by atoms with E-state index in [1.54, 1.807) is 0 Å². The third-order valence-corrected chi connectivity index (χ3v) is 2.94. The average Bonchev–Trinajstić information content (AvgIpc) is 2.82. The van der Waals surface area contributed by atoms with E-state index < -0.39 is 17.3 Å². The molecule has 6 nitrogen and oxygen atoms in total. The van der Waals surface area contributed by atoms with Gasteiger partial charge in [0.25, 0.3) is 5.56 Å². The van der Waals surface area contributed by atoms with Crippen LogP contribution in [0.15, 0.2) is 35.3 Å². The van der Waals surface area contributed by atoms with Crippen LogP contribution in [0.3, 0.4) is 0 Å². The molecular weight excluding hydrogens is 287 g/mol. The Balaban J connectivity index is 2.03. The largest absolute Gasteiger partial charge is 0.416 e. The molecule has 3 rings (SSSR count). The molecule has 21 heavy (non-hydrogen) atoms. The van der Waals surface area contributed by atoms with Crippen LogP contribution in [0.1, 0.15) is 11.1 Å². The van der Waals surface area contributed by atoms with Crippen LogP contribution in [-0.2, 0) is 12.7 Å². The first-order valence-corrected chi connectivity index (χ1v) is 5.89. The molecule has 0 unspecified atom stereocenters. The Kier molecular flexibility index (Phi) is 2.96. The third kappa shape index (κ3) is 2.49. The summed E-state index contributed by atoms with van der Waals surface area (Å²) in [7, 11) is 0. The molecule has 0 radical (unpaired) electrons. The highest BCUT2D eigenvalue weighted by Gasteiger charge is 2.32. The Hall–Kier alpha value is -2.71. The van der Waals surface area contributed by atoms with Gasteiger partial charge in [-0.15, -0.1) is 10.2 Å². The number of alkyl halides is 3. The molecule has 0 aliphatic carbocycles. The van der Waals surface area contributed by atoms with Crippen LogP contribution in [0, 0.1) is 0 Å². The van der Waals surface area contributed by atoms with Crippen LogP contribution in [0.25, 0.3) is 11.0 Å². The molecule has 9 heteroatoms. The predicted octanol–water partition coefficient (Wildman–Crippen LogP) is 1.58. The van der Waals surface area contributed by atoms with Crippen molar-refractivity contribution in [2.75, 3.05) is 0 Å². The van der Waals surface area contributed by atoms with Crippen molar-refractivity contribution in [2.24, 2.45) is 0 Å². The van der Waals surface area contributed by atoms with E-state index in [9.17, 15) is 18.0 Å². The Morgan fingerprint density at radius 2 is 2.00 bits per heavy atom. The smallest absolute Gasteiger partial charge is 0.267 e. The number of aromatic nitrogens is 5. The number of nitrogens with one attached hydrogen (secondary N) is 1. The number of halogens is 3. The van der Waals surface area contributed by atoms with E-state index in [2.05, 4.69) is 20.5 Å². The summed E-state index contributed by atoms with van der Waals surface area (Å²) in [5.41, 5.74) is -1.08. The normalized spacial score (nSPS) is 12.0. The first-order valence-electron chi connectivity index (χ1n) is 5.89. The van der Waals surface area contributed by atoms with Gasteiger partial charge in [0.15, 0.2) is 0 Å². The van der Waals surface area contributed by atoms with Crippen molar-refractivity contribution in [1.29, 1.82) is 0 Å². The maximum Gasteiger partial charge on any atom is 0.416 e. The fraction of sp³-hybridized carbons (Fsp3) is 0.167. The maximum atomic E-state index is 12.9. The highest BCUT2D eigenvalue weighted by Crippen LogP contribution is 2.32. The first-order chi connectivity index (χ1) is 9.95. The zero-order valence-electron chi connectivity index (χ0n) is 10.4. The molecule has 1 aromatic carbocycles. The van der Waals surface area contributed by atoms with Crippen LogP contribution in [0.5, 0.6) is 0 Å². The molecule has 108 valence electrons. The monoisotopic (exact) mass is 295 g/mol. The van der Waals surface area contributed by atoms with Crippen molar-refractivity contribution < 1.29 is 13.2 Å². The minimum atomic E-state index is -4.44. The zero-order chi connectivity index (χ0) is 15.0. The van der Waals surface area contributed by atoms with Gasteiger partial charge in [0.2, 0.25) is 5.65 Å². The fourth-order valence-electron chi connectivity index (χ4n) is 2.01. The molecule has 0 saturated carbocycles. The fourth-order valence-corrected chi connectivity index (χ4v) is 2.01. The van der Waals surface area contributed by atoms with Gasteiger partial charge in [-0.1, -0.05) is 23.4 Å². The van der Waals surface area contributed by atoms with E-state index >= 15 is 0 Å². The van der Waals surface area contributed by atoms with Crippen LogP contribution in [-0.4, -0.2) is 25.2 Å². The summed E-state index contributed by atoms with van der Waals surface area (Å²) in [6.07, 6.45) is -3.10. The van der Waals surface area contributed by atoms with Gasteiger partial charge in [0.05, 0.1) is 12.1 Å². The summed E-state index contributed by atoms with van der Waals surface area (Å²) < 4.78 is 40.0. The van der Waals surface area contributed by atoms with Crippen molar-refractivity contribution in [3.8, 4) is 0 Å². The van der Waals surface area contributed by atoms with E-state index in [1.165, 1.54) is 29.1 Å². The summed E-state index contributed by atoms with van der Waals surface area (Å²) in [6, 6.07) is 5.21. The lowest BCUT2D eigenvalue weighted by atomic mass is 10.1. The van der Waals surface area contributed by atoms with Gasteiger partial charge >= 0.3 is 6.18 Å². The molecule has 0 bridgehead atoms. The number of fused-ring (bicyclic) bond motifs is 1. The molecule has 0 fully saturated rings. The standard InChI is InChI=1S/C12H8F3N5O/c13-12(14,15)9-4-2-1-3-7(9)5-20-6-8-10(18-20)16-19-17-11(8)21/h1-4,6H,5H2,(H,16,17,18,21). The summed E-state index contributed by atoms with van der Waals surface area (Å²) in [5, 5.41) is 13.2. The molecule has 0 aliphatic heterocycles. The SMILES string of the molecule is O=c1[nH]nnc2nn(Cc3ccccc3C(F)(F)F)cc12. The van der Waals surface area contributed by atoms with Crippen LogP contribution in [0.2, 0.25) is 0 Å². The van der Waals surface area contributed by atoms with Gasteiger partial charge in [-0.3, -0.25) is 9.48 Å². The second kappa shape index (κ2) is 4.69. The Morgan fingerprint density at radius 3 is 2.71 bits per heavy atom. The maximum absolute atomic E-state index is 12.9. The van der Waals surface area contributed by atoms with Crippen molar-refractivity contribution in [3.05, 3.63) is 51.9 Å². The molecule has 3 aromatic rings. The topological polar surface area (TPSA) is 76.5 Å². The number of hydrogen-bond acceptors (Lipinski definition) is 4. The molecule has 2 aromatic heterocycles. The summed E-state index contributed by atoms with van der Waals surface area (Å²) in [6.45, 7) is -0.120. The van der Waals surface area contributed by atoms with Gasteiger partial charge in [-0.05, 0) is 11.6 Å². The van der Waals surface area contributed by atoms with Crippen molar-refractivity contribution in [1.82, 2.24) is 25.2 Å². The summed E-state index contributed by atoms with van der Waals surface area (Å²) in [5.74, 6) is 0. The van der Waals surface area contributed by atoms with Crippen LogP contribution in [0.4, 0.5) is 13.2 Å². The first kappa shape index (κ1) is 13.3. The minimum absolute atomic E-state index is 0.0576. The minimum Gasteiger partial charge on any atom is -0.267 e. The Bertz CT molecular complexity index is 852. The molecule has 2 heterocycles. The quantitative estimate of drug-likeness (QED) is 0.778. The van der Waals surface area contributed by atoms with Crippen molar-refractivity contribution >= 4 is 11.0 Å². The Morgan fingerprint density at radius 1 is 1.24 bits per heavy atom. The van der Waals surface area contributed by atoms with Gasteiger partial charge in [-0.2, -0.15) is 13.2 Å². The number of hydrogen-bond donors (Lipinski definition) is 1. The van der Waals surface area contributed by atoms with Crippen LogP contribution < -0.4 is 5.56 Å². The molecule has 0 atom stereocenters. The highest BCUT2D eigenvalue weighted by atomic mass is 19.4. The second-order valence-electron chi connectivity index (χ2n) is 4.36. The van der Waals surface area contributed by atoms with Crippen molar-refractivity contribution in [3.63, 3.8) is 0 Å². The van der Waals surface area contributed by atoms with Gasteiger partial charge < -0.3 is 0 Å². The summed E-state index contributed by atoms with van der Waals surface area (Å²) >= 11 is 0. The van der Waals surface area contributed by atoms with Crippen molar-refractivity contribution in [2.45, 2.75) is 12.7 Å². The van der Waals surface area contributed by atoms with E-state index in [0.717, 1.165) is 6.07 Å². The number of aromatic amines is 1. The van der Waals surface area contributed by atoms with Gasteiger partial charge in [0.1, 0.15) is 5.39 Å². The van der Waals surface area contributed by atoms with Gasteiger partial charge in [-0.25, -0.2) is 5.10 Å². The molecule has 1 N–H and O–H groups in total. The molecule has 0 amide bonds. The molecule has 0 spiro atoms. The molecular formula is C12H8F3N5O. The third-order valence-electron chi connectivity index (χ3n) is 2.94. The second-order valence-corrected chi connectivity index (χ2v) is 4.36. The lowest BCUT2D eigenvalue weighted by Crippen LogP contribution is -2.11. The molecule has 0 aliphatic rings. The lowest BCUT2D eigenvalue weighted by Gasteiger charge is -2.12. The van der Waals surface area contributed by atoms with E-state index in [1.807, 2.05) is 0 Å². The predicted molar refractivity (Wildman–Crippen MR) is 66.5 cm³/mol. The number of nitrogens with zero attached hydrogens (tertiary/aromatic N) is 4. The summed E-state index contributed by atoms with van der Waals surface area (Å²) in [4.78, 5) is 11.5. The molecule has 0 saturated heterocycles.